The van der Waals surface area contributed by atoms with Gasteiger partial charge >= 0.3 is 0 Å². The number of hydrogen-bond donors (Lipinski definition) is 2. The van der Waals surface area contributed by atoms with Crippen molar-refractivity contribution >= 4 is 23.3 Å². The maximum Gasteiger partial charge on any atom is 0.276 e. The van der Waals surface area contributed by atoms with Gasteiger partial charge in [0.1, 0.15) is 11.6 Å². The first-order valence-electron chi connectivity index (χ1n) is 8.89. The molecule has 1 aromatic heterocycles. The fourth-order valence-electron chi connectivity index (χ4n) is 2.49. The van der Waals surface area contributed by atoms with Crippen LogP contribution in [0.3, 0.4) is 0 Å². The van der Waals surface area contributed by atoms with Crippen LogP contribution >= 0.6 is 0 Å². The molecular weight excluding hydrogens is 356 g/mol. The van der Waals surface area contributed by atoms with Gasteiger partial charge in [-0.3, -0.25) is 9.59 Å². The Morgan fingerprint density at radius 1 is 1.00 bits per heavy atom. The van der Waals surface area contributed by atoms with Gasteiger partial charge in [-0.25, -0.2) is 4.68 Å². The number of ether oxygens (including phenoxy) is 1. The zero-order valence-electron chi connectivity index (χ0n) is 16.0. The van der Waals surface area contributed by atoms with Gasteiger partial charge in [-0.05, 0) is 36.4 Å². The highest BCUT2D eigenvalue weighted by Gasteiger charge is 2.18. The molecule has 7 heteroatoms. The van der Waals surface area contributed by atoms with Crippen molar-refractivity contribution < 1.29 is 14.3 Å². The molecule has 2 amide bonds. The molecule has 2 N–H and O–H groups in total. The SMILES string of the molecule is COc1ccc(NC(=O)c2cc(NC(=O)C(C)C)n(-c3ccccc3)n2)cc1. The first-order chi connectivity index (χ1) is 13.5. The molecule has 0 aliphatic heterocycles. The molecular formula is C21H22N4O3. The summed E-state index contributed by atoms with van der Waals surface area (Å²) in [6.45, 7) is 3.60. The Kier molecular flexibility index (Phi) is 5.74. The topological polar surface area (TPSA) is 85.3 Å². The van der Waals surface area contributed by atoms with Gasteiger partial charge in [0.2, 0.25) is 5.91 Å². The highest BCUT2D eigenvalue weighted by molar-refractivity contribution is 6.04. The van der Waals surface area contributed by atoms with Crippen LogP contribution in [0, 0.1) is 5.92 Å². The maximum absolute atomic E-state index is 12.7. The van der Waals surface area contributed by atoms with E-state index >= 15 is 0 Å². The van der Waals surface area contributed by atoms with Gasteiger partial charge in [-0.15, -0.1) is 0 Å². The summed E-state index contributed by atoms with van der Waals surface area (Å²) in [6.07, 6.45) is 0. The van der Waals surface area contributed by atoms with Gasteiger partial charge in [0.15, 0.2) is 5.69 Å². The molecule has 28 heavy (non-hydrogen) atoms. The molecule has 2 aromatic carbocycles. The Bertz CT molecular complexity index is 963. The minimum atomic E-state index is -0.375. The first kappa shape index (κ1) is 19.2. The van der Waals surface area contributed by atoms with E-state index in [1.54, 1.807) is 56.0 Å². The van der Waals surface area contributed by atoms with E-state index in [9.17, 15) is 9.59 Å². The summed E-state index contributed by atoms with van der Waals surface area (Å²) in [6, 6.07) is 17.9. The predicted molar refractivity (Wildman–Crippen MR) is 108 cm³/mol. The van der Waals surface area contributed by atoms with E-state index in [1.165, 1.54) is 0 Å². The second kappa shape index (κ2) is 8.39. The Morgan fingerprint density at radius 2 is 1.68 bits per heavy atom. The molecule has 1 heterocycles. The van der Waals surface area contributed by atoms with E-state index in [0.29, 0.717) is 17.3 Å². The normalized spacial score (nSPS) is 10.6. The summed E-state index contributed by atoms with van der Waals surface area (Å²) in [5.74, 6) is 0.407. The standard InChI is InChI=1S/C21H22N4O3/c1-14(2)20(26)23-19-13-18(24-25(19)16-7-5-4-6-8-16)21(27)22-15-9-11-17(28-3)12-10-15/h4-14H,1-3H3,(H,22,27)(H,23,26). The minimum Gasteiger partial charge on any atom is -0.497 e. The lowest BCUT2D eigenvalue weighted by Gasteiger charge is -2.10. The molecule has 0 fully saturated rings. The van der Waals surface area contributed by atoms with Crippen molar-refractivity contribution in [2.24, 2.45) is 5.92 Å². The van der Waals surface area contributed by atoms with E-state index in [-0.39, 0.29) is 23.4 Å². The molecule has 3 rings (SSSR count). The molecule has 0 unspecified atom stereocenters. The highest BCUT2D eigenvalue weighted by Crippen LogP contribution is 2.20. The summed E-state index contributed by atoms with van der Waals surface area (Å²) in [7, 11) is 1.58. The largest absolute Gasteiger partial charge is 0.497 e. The van der Waals surface area contributed by atoms with Crippen molar-refractivity contribution in [3.63, 3.8) is 0 Å². The minimum absolute atomic E-state index is 0.154. The van der Waals surface area contributed by atoms with Crippen LogP contribution in [0.15, 0.2) is 60.7 Å². The van der Waals surface area contributed by atoms with Gasteiger partial charge in [-0.2, -0.15) is 5.10 Å². The first-order valence-corrected chi connectivity index (χ1v) is 8.89. The molecule has 0 atom stereocenters. The van der Waals surface area contributed by atoms with Crippen LogP contribution in [0.5, 0.6) is 5.75 Å². The summed E-state index contributed by atoms with van der Waals surface area (Å²) in [5, 5.41) is 10.0. The van der Waals surface area contributed by atoms with Crippen molar-refractivity contribution in [2.75, 3.05) is 17.7 Å². The van der Waals surface area contributed by atoms with Crippen LogP contribution in [0.2, 0.25) is 0 Å². The second-order valence-electron chi connectivity index (χ2n) is 6.49. The number of nitrogens with zero attached hydrogens (tertiary/aromatic N) is 2. The summed E-state index contributed by atoms with van der Waals surface area (Å²) >= 11 is 0. The molecule has 3 aromatic rings. The Balaban J connectivity index is 1.88. The van der Waals surface area contributed by atoms with Crippen LogP contribution in [0.4, 0.5) is 11.5 Å². The molecule has 144 valence electrons. The van der Waals surface area contributed by atoms with Crippen molar-refractivity contribution in [3.05, 3.63) is 66.4 Å². The van der Waals surface area contributed by atoms with Crippen molar-refractivity contribution in [2.45, 2.75) is 13.8 Å². The van der Waals surface area contributed by atoms with Gasteiger partial charge in [0, 0.05) is 17.7 Å². The van der Waals surface area contributed by atoms with Crippen molar-refractivity contribution in [1.29, 1.82) is 0 Å². The number of anilines is 2. The Hall–Kier alpha value is -3.61. The van der Waals surface area contributed by atoms with Crippen LogP contribution < -0.4 is 15.4 Å². The van der Waals surface area contributed by atoms with Crippen LogP contribution in [-0.4, -0.2) is 28.7 Å². The average Bonchev–Trinajstić information content (AvgIpc) is 3.13. The fraction of sp³-hybridized carbons (Fsp3) is 0.190. The highest BCUT2D eigenvalue weighted by atomic mass is 16.5. The van der Waals surface area contributed by atoms with Gasteiger partial charge in [0.25, 0.3) is 5.91 Å². The molecule has 0 saturated carbocycles. The number of rotatable bonds is 6. The number of nitrogens with one attached hydrogen (secondary N) is 2. The van der Waals surface area contributed by atoms with Crippen molar-refractivity contribution in [3.8, 4) is 11.4 Å². The van der Waals surface area contributed by atoms with Crippen molar-refractivity contribution in [1.82, 2.24) is 9.78 Å². The quantitative estimate of drug-likeness (QED) is 0.684. The lowest BCUT2D eigenvalue weighted by Crippen LogP contribution is -2.19. The molecule has 0 bridgehead atoms. The van der Waals surface area contributed by atoms with Crippen LogP contribution in [0.25, 0.3) is 5.69 Å². The number of hydrogen-bond acceptors (Lipinski definition) is 4. The Labute approximate surface area is 163 Å². The summed E-state index contributed by atoms with van der Waals surface area (Å²) in [4.78, 5) is 24.8. The van der Waals surface area contributed by atoms with E-state index < -0.39 is 0 Å². The fourth-order valence-corrected chi connectivity index (χ4v) is 2.49. The monoisotopic (exact) mass is 378 g/mol. The zero-order chi connectivity index (χ0) is 20.1. The number of benzene rings is 2. The van der Waals surface area contributed by atoms with E-state index in [0.717, 1.165) is 5.69 Å². The predicted octanol–water partition coefficient (Wildman–Crippen LogP) is 3.73. The second-order valence-corrected chi connectivity index (χ2v) is 6.49. The number of carbonyl (C=O) groups is 2. The molecule has 0 aliphatic carbocycles. The third-order valence-electron chi connectivity index (χ3n) is 4.07. The van der Waals surface area contributed by atoms with Gasteiger partial charge < -0.3 is 15.4 Å². The van der Waals surface area contributed by atoms with E-state index in [4.69, 9.17) is 4.74 Å². The zero-order valence-corrected chi connectivity index (χ0v) is 16.0. The summed E-state index contributed by atoms with van der Waals surface area (Å²) < 4.78 is 6.66. The Morgan fingerprint density at radius 3 is 2.29 bits per heavy atom. The van der Waals surface area contributed by atoms with E-state index in [2.05, 4.69) is 15.7 Å². The molecule has 0 aliphatic rings. The lowest BCUT2D eigenvalue weighted by atomic mass is 10.2. The molecule has 0 spiro atoms. The van der Waals surface area contributed by atoms with Crippen LogP contribution in [0.1, 0.15) is 24.3 Å². The lowest BCUT2D eigenvalue weighted by molar-refractivity contribution is -0.118. The number of para-hydroxylation sites is 1. The number of aromatic nitrogens is 2. The number of carbonyl (C=O) groups excluding carboxylic acids is 2. The van der Waals surface area contributed by atoms with Gasteiger partial charge in [-0.1, -0.05) is 32.0 Å². The third-order valence-corrected chi connectivity index (χ3v) is 4.07. The third kappa shape index (κ3) is 4.37. The number of amides is 2. The van der Waals surface area contributed by atoms with Gasteiger partial charge in [0.05, 0.1) is 12.8 Å². The maximum atomic E-state index is 12.7. The average molecular weight is 378 g/mol. The smallest absolute Gasteiger partial charge is 0.276 e. The molecule has 7 nitrogen and oxygen atoms in total. The number of methoxy groups -OCH3 is 1. The molecule has 0 radical (unpaired) electrons. The summed E-state index contributed by atoms with van der Waals surface area (Å²) in [5.41, 5.74) is 1.55. The van der Waals surface area contributed by atoms with Crippen LogP contribution in [-0.2, 0) is 4.79 Å². The molecule has 0 saturated heterocycles. The van der Waals surface area contributed by atoms with E-state index in [1.807, 2.05) is 30.3 Å².